The van der Waals surface area contributed by atoms with E-state index in [0.717, 1.165) is 11.2 Å². The van der Waals surface area contributed by atoms with E-state index in [0.29, 0.717) is 12.1 Å². The monoisotopic (exact) mass is 254 g/mol. The summed E-state index contributed by atoms with van der Waals surface area (Å²) in [6.07, 6.45) is 1.94. The third-order valence-corrected chi connectivity index (χ3v) is 3.31. The number of aryl methyl sites for hydroxylation is 1. The van der Waals surface area contributed by atoms with Crippen LogP contribution in [0.2, 0.25) is 0 Å². The van der Waals surface area contributed by atoms with Crippen molar-refractivity contribution in [3.05, 3.63) is 65.6 Å². The van der Waals surface area contributed by atoms with Crippen LogP contribution in [0, 0.1) is 12.7 Å². The summed E-state index contributed by atoms with van der Waals surface area (Å²) in [5.74, 6) is -0.169. The Morgan fingerprint density at radius 3 is 2.89 bits per heavy atom. The SMILES string of the molecule is Cc1cc(NCc2cccc3cc[nH]c23)ccc1F. The third-order valence-electron chi connectivity index (χ3n) is 3.31. The molecule has 0 atom stereocenters. The van der Waals surface area contributed by atoms with Gasteiger partial charge in [-0.05, 0) is 47.7 Å². The van der Waals surface area contributed by atoms with Crippen molar-refractivity contribution in [3.8, 4) is 0 Å². The number of benzene rings is 2. The standard InChI is InChI=1S/C16H15FN2/c1-11-9-14(5-6-15(11)17)19-10-13-4-2-3-12-7-8-18-16(12)13/h2-9,18-19H,10H2,1H3. The highest BCUT2D eigenvalue weighted by atomic mass is 19.1. The summed E-state index contributed by atoms with van der Waals surface area (Å²) in [7, 11) is 0. The first-order valence-electron chi connectivity index (χ1n) is 6.29. The van der Waals surface area contributed by atoms with E-state index in [4.69, 9.17) is 0 Å². The Morgan fingerprint density at radius 2 is 2.05 bits per heavy atom. The molecule has 0 aliphatic carbocycles. The molecule has 2 N–H and O–H groups in total. The average Bonchev–Trinajstić information content (AvgIpc) is 2.89. The van der Waals surface area contributed by atoms with Gasteiger partial charge in [-0.15, -0.1) is 0 Å². The number of para-hydroxylation sites is 1. The van der Waals surface area contributed by atoms with Crippen LogP contribution in [0.15, 0.2) is 48.7 Å². The maximum atomic E-state index is 13.2. The van der Waals surface area contributed by atoms with Gasteiger partial charge in [0, 0.05) is 18.4 Å². The summed E-state index contributed by atoms with van der Waals surface area (Å²) in [5, 5.41) is 4.53. The van der Waals surface area contributed by atoms with Crippen LogP contribution < -0.4 is 5.32 Å². The fourth-order valence-electron chi connectivity index (χ4n) is 2.25. The predicted octanol–water partition coefficient (Wildman–Crippen LogP) is 4.23. The molecule has 0 aliphatic rings. The van der Waals surface area contributed by atoms with Crippen LogP contribution >= 0.6 is 0 Å². The van der Waals surface area contributed by atoms with Gasteiger partial charge in [0.05, 0.1) is 5.52 Å². The molecule has 0 aliphatic heterocycles. The van der Waals surface area contributed by atoms with Gasteiger partial charge in [-0.2, -0.15) is 0 Å². The number of anilines is 1. The Kier molecular flexibility index (Phi) is 2.95. The van der Waals surface area contributed by atoms with Crippen molar-refractivity contribution in [1.82, 2.24) is 4.98 Å². The van der Waals surface area contributed by atoms with Crippen molar-refractivity contribution in [3.63, 3.8) is 0 Å². The number of nitrogens with one attached hydrogen (secondary N) is 2. The second-order valence-corrected chi connectivity index (χ2v) is 4.68. The normalized spacial score (nSPS) is 10.8. The van der Waals surface area contributed by atoms with E-state index >= 15 is 0 Å². The number of rotatable bonds is 3. The molecular weight excluding hydrogens is 239 g/mol. The van der Waals surface area contributed by atoms with Crippen LogP contribution in [0.5, 0.6) is 0 Å². The predicted molar refractivity (Wildman–Crippen MR) is 76.8 cm³/mol. The van der Waals surface area contributed by atoms with Crippen molar-refractivity contribution in [2.24, 2.45) is 0 Å². The Morgan fingerprint density at radius 1 is 1.16 bits per heavy atom. The molecule has 0 bridgehead atoms. The van der Waals surface area contributed by atoms with E-state index in [1.807, 2.05) is 18.3 Å². The number of fused-ring (bicyclic) bond motifs is 1. The highest BCUT2D eigenvalue weighted by Gasteiger charge is 2.02. The molecule has 3 aromatic rings. The van der Waals surface area contributed by atoms with E-state index in [1.165, 1.54) is 17.0 Å². The fraction of sp³-hybridized carbons (Fsp3) is 0.125. The third kappa shape index (κ3) is 2.32. The van der Waals surface area contributed by atoms with E-state index < -0.39 is 0 Å². The minimum absolute atomic E-state index is 0.169. The summed E-state index contributed by atoms with van der Waals surface area (Å²) in [5.41, 5.74) is 3.93. The van der Waals surface area contributed by atoms with Gasteiger partial charge in [0.15, 0.2) is 0 Å². The Hall–Kier alpha value is -2.29. The van der Waals surface area contributed by atoms with Gasteiger partial charge in [0.25, 0.3) is 0 Å². The second-order valence-electron chi connectivity index (χ2n) is 4.68. The lowest BCUT2D eigenvalue weighted by Gasteiger charge is -2.09. The molecule has 2 nitrogen and oxygen atoms in total. The van der Waals surface area contributed by atoms with Crippen LogP contribution in [0.3, 0.4) is 0 Å². The van der Waals surface area contributed by atoms with Crippen LogP contribution in [0.25, 0.3) is 10.9 Å². The van der Waals surface area contributed by atoms with Crippen molar-refractivity contribution >= 4 is 16.6 Å². The minimum atomic E-state index is -0.169. The van der Waals surface area contributed by atoms with E-state index in [-0.39, 0.29) is 5.82 Å². The largest absolute Gasteiger partial charge is 0.381 e. The van der Waals surface area contributed by atoms with Crippen molar-refractivity contribution in [1.29, 1.82) is 0 Å². The molecular formula is C16H15FN2. The molecule has 1 heterocycles. The van der Waals surface area contributed by atoms with Gasteiger partial charge < -0.3 is 10.3 Å². The first-order chi connectivity index (χ1) is 9.24. The van der Waals surface area contributed by atoms with Crippen molar-refractivity contribution < 1.29 is 4.39 Å². The molecule has 0 spiro atoms. The molecule has 0 unspecified atom stereocenters. The second kappa shape index (κ2) is 4.76. The number of aromatic nitrogens is 1. The van der Waals surface area contributed by atoms with Gasteiger partial charge in [-0.3, -0.25) is 0 Å². The Labute approximate surface area is 111 Å². The lowest BCUT2D eigenvalue weighted by Crippen LogP contribution is -2.00. The lowest BCUT2D eigenvalue weighted by atomic mass is 10.1. The topological polar surface area (TPSA) is 27.8 Å². The lowest BCUT2D eigenvalue weighted by molar-refractivity contribution is 0.618. The summed E-state index contributed by atoms with van der Waals surface area (Å²) in [6, 6.07) is 13.3. The smallest absolute Gasteiger partial charge is 0.126 e. The number of H-pyrrole nitrogens is 1. The molecule has 0 saturated heterocycles. The van der Waals surface area contributed by atoms with Crippen LogP contribution in [-0.4, -0.2) is 4.98 Å². The zero-order chi connectivity index (χ0) is 13.2. The van der Waals surface area contributed by atoms with Crippen molar-refractivity contribution in [2.75, 3.05) is 5.32 Å². The molecule has 19 heavy (non-hydrogen) atoms. The average molecular weight is 254 g/mol. The molecule has 1 aromatic heterocycles. The van der Waals surface area contributed by atoms with Gasteiger partial charge in [-0.1, -0.05) is 18.2 Å². The first-order valence-corrected chi connectivity index (χ1v) is 6.29. The molecule has 2 aromatic carbocycles. The fourth-order valence-corrected chi connectivity index (χ4v) is 2.25. The number of aromatic amines is 1. The number of halogens is 1. The highest BCUT2D eigenvalue weighted by molar-refractivity contribution is 5.82. The minimum Gasteiger partial charge on any atom is -0.381 e. The molecule has 3 heteroatoms. The van der Waals surface area contributed by atoms with Gasteiger partial charge in [0.2, 0.25) is 0 Å². The van der Waals surface area contributed by atoms with Crippen LogP contribution in [0.1, 0.15) is 11.1 Å². The number of hydrogen-bond acceptors (Lipinski definition) is 1. The quantitative estimate of drug-likeness (QED) is 0.719. The highest BCUT2D eigenvalue weighted by Crippen LogP contribution is 2.19. The summed E-state index contributed by atoms with van der Waals surface area (Å²) in [4.78, 5) is 3.24. The molecule has 0 fully saturated rings. The van der Waals surface area contributed by atoms with Gasteiger partial charge in [0.1, 0.15) is 5.82 Å². The molecule has 0 radical (unpaired) electrons. The zero-order valence-corrected chi connectivity index (χ0v) is 10.7. The van der Waals surface area contributed by atoms with E-state index in [2.05, 4.69) is 28.5 Å². The zero-order valence-electron chi connectivity index (χ0n) is 10.7. The number of hydrogen-bond donors (Lipinski definition) is 2. The molecule has 3 rings (SSSR count). The van der Waals surface area contributed by atoms with Gasteiger partial charge >= 0.3 is 0 Å². The van der Waals surface area contributed by atoms with E-state index in [1.54, 1.807) is 13.0 Å². The van der Waals surface area contributed by atoms with Crippen LogP contribution in [-0.2, 0) is 6.54 Å². The van der Waals surface area contributed by atoms with Crippen molar-refractivity contribution in [2.45, 2.75) is 13.5 Å². The summed E-state index contributed by atoms with van der Waals surface area (Å²) in [6.45, 7) is 2.48. The summed E-state index contributed by atoms with van der Waals surface area (Å²) >= 11 is 0. The Bertz CT molecular complexity index is 716. The molecule has 0 saturated carbocycles. The maximum absolute atomic E-state index is 13.2. The summed E-state index contributed by atoms with van der Waals surface area (Å²) < 4.78 is 13.2. The first kappa shape index (κ1) is 11.8. The molecule has 0 amide bonds. The maximum Gasteiger partial charge on any atom is 0.126 e. The van der Waals surface area contributed by atoms with Crippen LogP contribution in [0.4, 0.5) is 10.1 Å². The van der Waals surface area contributed by atoms with Gasteiger partial charge in [-0.25, -0.2) is 4.39 Å². The molecule has 96 valence electrons. The Balaban J connectivity index is 1.82. The van der Waals surface area contributed by atoms with E-state index in [9.17, 15) is 4.39 Å².